The molecule has 0 N–H and O–H groups in total. The first-order valence-corrected chi connectivity index (χ1v) is 5.90. The Hall–Kier alpha value is 0.220. The molecule has 1 saturated carbocycles. The molecule has 0 bridgehead atoms. The molecule has 2 atom stereocenters. The molecule has 0 amide bonds. The van der Waals surface area contributed by atoms with E-state index in [-0.39, 0.29) is 0 Å². The van der Waals surface area contributed by atoms with E-state index in [1.165, 1.54) is 44.1 Å². The summed E-state index contributed by atoms with van der Waals surface area (Å²) in [4.78, 5) is 0.783. The maximum atomic E-state index is 3.95. The zero-order chi connectivity index (χ0) is 8.97. The van der Waals surface area contributed by atoms with Crippen LogP contribution < -0.4 is 0 Å². The Morgan fingerprint density at radius 3 is 2.67 bits per heavy atom. The van der Waals surface area contributed by atoms with Crippen LogP contribution in [-0.2, 0) is 0 Å². The van der Waals surface area contributed by atoms with Crippen LogP contribution in [0.4, 0.5) is 0 Å². The van der Waals surface area contributed by atoms with E-state index in [9.17, 15) is 0 Å². The van der Waals surface area contributed by atoms with E-state index in [4.69, 9.17) is 0 Å². The molecule has 12 heavy (non-hydrogen) atoms. The monoisotopic (exact) mass is 230 g/mol. The molecule has 0 aliphatic heterocycles. The predicted molar refractivity (Wildman–Crippen MR) is 58.7 cm³/mol. The summed E-state index contributed by atoms with van der Waals surface area (Å²) in [6.07, 6.45) is 8.20. The fourth-order valence-corrected chi connectivity index (χ4v) is 2.77. The van der Waals surface area contributed by atoms with Crippen molar-refractivity contribution in [2.75, 3.05) is 0 Å². The van der Waals surface area contributed by atoms with Gasteiger partial charge in [-0.2, -0.15) is 0 Å². The van der Waals surface area contributed by atoms with Gasteiger partial charge in [0.25, 0.3) is 0 Å². The third kappa shape index (κ3) is 3.30. The quantitative estimate of drug-likeness (QED) is 0.502. The van der Waals surface area contributed by atoms with E-state index < -0.39 is 0 Å². The summed E-state index contributed by atoms with van der Waals surface area (Å²) in [7, 11) is 0. The number of hydrogen-bond donors (Lipinski definition) is 0. The van der Waals surface area contributed by atoms with Gasteiger partial charge in [-0.05, 0) is 38.5 Å². The summed E-state index contributed by atoms with van der Waals surface area (Å²) >= 11 is 3.78. The molecule has 0 spiro atoms. The Bertz CT molecular complexity index is 151. The fourth-order valence-electron chi connectivity index (χ4n) is 1.92. The molecule has 1 aliphatic rings. The van der Waals surface area contributed by atoms with Gasteiger partial charge >= 0.3 is 0 Å². The van der Waals surface area contributed by atoms with Crippen LogP contribution in [0.3, 0.4) is 0 Å². The average Bonchev–Trinajstić information content (AvgIpc) is 2.03. The van der Waals surface area contributed by atoms with Gasteiger partial charge in [0.05, 0.1) is 0 Å². The van der Waals surface area contributed by atoms with Gasteiger partial charge in [0.15, 0.2) is 0 Å². The van der Waals surface area contributed by atoms with Crippen molar-refractivity contribution in [3.8, 4) is 0 Å². The number of allylic oxidation sites excluding steroid dienone is 1. The highest BCUT2D eigenvalue weighted by Crippen LogP contribution is 2.33. The highest BCUT2D eigenvalue weighted by Gasteiger charge is 2.21. The van der Waals surface area contributed by atoms with Gasteiger partial charge in [-0.1, -0.05) is 34.3 Å². The summed E-state index contributed by atoms with van der Waals surface area (Å²) in [6.45, 7) is 6.08. The van der Waals surface area contributed by atoms with Crippen molar-refractivity contribution in [3.63, 3.8) is 0 Å². The molecule has 1 rings (SSSR count). The van der Waals surface area contributed by atoms with Crippen molar-refractivity contribution >= 4 is 15.9 Å². The Balaban J connectivity index is 2.24. The Morgan fingerprint density at radius 2 is 2.08 bits per heavy atom. The van der Waals surface area contributed by atoms with Crippen LogP contribution >= 0.6 is 15.9 Å². The van der Waals surface area contributed by atoms with Gasteiger partial charge in [-0.25, -0.2) is 0 Å². The highest BCUT2D eigenvalue weighted by atomic mass is 79.9. The highest BCUT2D eigenvalue weighted by molar-refractivity contribution is 9.09. The zero-order valence-corrected chi connectivity index (χ0v) is 9.57. The summed E-state index contributed by atoms with van der Waals surface area (Å²) in [5.41, 5.74) is 1.33. The smallest absolute Gasteiger partial charge is 0.0174 e. The van der Waals surface area contributed by atoms with Crippen LogP contribution in [0.1, 0.15) is 45.4 Å². The van der Waals surface area contributed by atoms with Crippen LogP contribution in [0.25, 0.3) is 0 Å². The molecule has 1 fully saturated rings. The van der Waals surface area contributed by atoms with E-state index in [0.29, 0.717) is 0 Å². The van der Waals surface area contributed by atoms with Crippen LogP contribution in [-0.4, -0.2) is 4.83 Å². The summed E-state index contributed by atoms with van der Waals surface area (Å²) in [5.74, 6) is 0.912. The second-order valence-corrected chi connectivity index (χ2v) is 5.23. The minimum Gasteiger partial charge on any atom is -0.100 e. The normalized spacial score (nSPS) is 30.2. The number of rotatable bonds is 3. The number of hydrogen-bond acceptors (Lipinski definition) is 0. The minimum atomic E-state index is 0.783. The van der Waals surface area contributed by atoms with E-state index in [0.717, 1.165) is 10.7 Å². The van der Waals surface area contributed by atoms with Crippen molar-refractivity contribution in [2.24, 2.45) is 5.92 Å². The van der Waals surface area contributed by atoms with Gasteiger partial charge in [-0.15, -0.1) is 6.58 Å². The van der Waals surface area contributed by atoms with Crippen LogP contribution in [0.2, 0.25) is 0 Å². The molecule has 0 aromatic carbocycles. The SMILES string of the molecule is C=C(C)CCC1CCCCC1Br. The molecule has 1 aliphatic carbocycles. The van der Waals surface area contributed by atoms with Crippen molar-refractivity contribution < 1.29 is 0 Å². The van der Waals surface area contributed by atoms with Gasteiger partial charge < -0.3 is 0 Å². The lowest BCUT2D eigenvalue weighted by Gasteiger charge is -2.27. The van der Waals surface area contributed by atoms with Crippen LogP contribution in [0, 0.1) is 5.92 Å². The second-order valence-electron chi connectivity index (χ2n) is 4.06. The van der Waals surface area contributed by atoms with Crippen molar-refractivity contribution in [1.29, 1.82) is 0 Å². The van der Waals surface area contributed by atoms with Crippen molar-refractivity contribution in [2.45, 2.75) is 50.3 Å². The van der Waals surface area contributed by atoms with Crippen LogP contribution in [0.15, 0.2) is 12.2 Å². The lowest BCUT2D eigenvalue weighted by Crippen LogP contribution is -2.18. The average molecular weight is 231 g/mol. The molecular weight excluding hydrogens is 212 g/mol. The molecule has 0 nitrogen and oxygen atoms in total. The molecule has 0 aromatic rings. The Morgan fingerprint density at radius 1 is 1.42 bits per heavy atom. The van der Waals surface area contributed by atoms with Gasteiger partial charge in [0.2, 0.25) is 0 Å². The lowest BCUT2D eigenvalue weighted by molar-refractivity contribution is 0.355. The zero-order valence-electron chi connectivity index (χ0n) is 7.98. The molecule has 0 saturated heterocycles. The number of halogens is 1. The van der Waals surface area contributed by atoms with E-state index in [1.807, 2.05) is 0 Å². The largest absolute Gasteiger partial charge is 0.100 e. The maximum absolute atomic E-state index is 3.95. The minimum absolute atomic E-state index is 0.783. The van der Waals surface area contributed by atoms with Gasteiger partial charge in [0.1, 0.15) is 0 Å². The van der Waals surface area contributed by atoms with Crippen molar-refractivity contribution in [1.82, 2.24) is 0 Å². The fraction of sp³-hybridized carbons (Fsp3) is 0.818. The molecule has 70 valence electrons. The maximum Gasteiger partial charge on any atom is 0.0174 e. The van der Waals surface area contributed by atoms with Crippen molar-refractivity contribution in [3.05, 3.63) is 12.2 Å². The first-order valence-electron chi connectivity index (χ1n) is 4.98. The molecule has 0 heterocycles. The third-order valence-corrected chi connectivity index (χ3v) is 3.96. The van der Waals surface area contributed by atoms with E-state index in [1.54, 1.807) is 0 Å². The standard InChI is InChI=1S/C11H19Br/c1-9(2)7-8-10-5-3-4-6-11(10)12/h10-11H,1,3-8H2,2H3. The topological polar surface area (TPSA) is 0 Å². The first kappa shape index (κ1) is 10.3. The Kier molecular flexibility index (Phi) is 4.34. The Labute approximate surface area is 84.6 Å². The molecular formula is C11H19Br. The van der Waals surface area contributed by atoms with Crippen LogP contribution in [0.5, 0.6) is 0 Å². The predicted octanol–water partition coefficient (Wildman–Crippen LogP) is 4.30. The summed E-state index contributed by atoms with van der Waals surface area (Å²) in [6, 6.07) is 0. The molecule has 2 unspecified atom stereocenters. The van der Waals surface area contributed by atoms with Gasteiger partial charge in [0, 0.05) is 4.83 Å². The molecule has 0 aromatic heterocycles. The summed E-state index contributed by atoms with van der Waals surface area (Å²) in [5, 5.41) is 0. The second kappa shape index (κ2) is 5.06. The number of alkyl halides is 1. The molecule has 0 radical (unpaired) electrons. The van der Waals surface area contributed by atoms with Gasteiger partial charge in [-0.3, -0.25) is 0 Å². The first-order chi connectivity index (χ1) is 5.70. The molecule has 1 heteroatoms. The summed E-state index contributed by atoms with van der Waals surface area (Å²) < 4.78 is 0. The van der Waals surface area contributed by atoms with E-state index in [2.05, 4.69) is 29.4 Å². The third-order valence-electron chi connectivity index (χ3n) is 2.76. The van der Waals surface area contributed by atoms with E-state index >= 15 is 0 Å². The lowest BCUT2D eigenvalue weighted by atomic mass is 9.85.